The number of nitrogens with one attached hydrogen (secondary N) is 2. The summed E-state index contributed by atoms with van der Waals surface area (Å²) in [7, 11) is 0. The summed E-state index contributed by atoms with van der Waals surface area (Å²) in [5, 5.41) is 13.9. The molecule has 0 amide bonds. The maximum absolute atomic E-state index is 13.3. The fraction of sp³-hybridized carbons (Fsp3) is 0.565. The van der Waals surface area contributed by atoms with Crippen molar-refractivity contribution in [3.05, 3.63) is 51.6 Å². The number of hydrogen-bond acceptors (Lipinski definition) is 4. The Morgan fingerprint density at radius 2 is 1.90 bits per heavy atom. The van der Waals surface area contributed by atoms with E-state index < -0.39 is 0 Å². The van der Waals surface area contributed by atoms with E-state index in [1.165, 1.54) is 23.3 Å². The number of aromatic nitrogens is 5. The third-order valence-corrected chi connectivity index (χ3v) is 6.68. The van der Waals surface area contributed by atoms with Gasteiger partial charge in [0.25, 0.3) is 5.56 Å². The molecule has 0 radical (unpaired) electrons. The average molecular weight is 410 g/mol. The summed E-state index contributed by atoms with van der Waals surface area (Å²) in [5.74, 6) is 0.788. The Bertz CT molecular complexity index is 1070. The highest BCUT2D eigenvalue weighted by molar-refractivity contribution is 5.79. The number of benzene rings is 1. The fourth-order valence-corrected chi connectivity index (χ4v) is 4.53. The third-order valence-electron chi connectivity index (χ3n) is 6.68. The Balaban J connectivity index is 1.91. The number of likely N-dealkylation sites (tertiary alicyclic amines) is 1. The zero-order valence-corrected chi connectivity index (χ0v) is 18.5. The Morgan fingerprint density at radius 1 is 1.17 bits per heavy atom. The smallest absolute Gasteiger partial charge is 0.258 e. The van der Waals surface area contributed by atoms with E-state index in [2.05, 4.69) is 60.3 Å². The normalized spacial score (nSPS) is 17.2. The predicted octanol–water partition coefficient (Wildman–Crippen LogP) is 2.52. The molecule has 2 N–H and O–H groups in total. The number of H-pyrrole nitrogens is 1. The summed E-state index contributed by atoms with van der Waals surface area (Å²) < 4.78 is 1.94. The molecule has 1 aliphatic rings. The van der Waals surface area contributed by atoms with Crippen molar-refractivity contribution in [2.24, 2.45) is 0 Å². The van der Waals surface area contributed by atoms with Gasteiger partial charge in [-0.1, -0.05) is 18.6 Å². The molecule has 0 aliphatic carbocycles. The first-order valence-electron chi connectivity index (χ1n) is 11.2. The number of fused-ring (bicyclic) bond motifs is 1. The SMILES string of the molecule is CCC(C)(C)n1nnnc1[C@@H](c1cc2cc(C)ccc2[nH]c1=O)[NH+]1CCCCCC1. The molecule has 0 unspecified atom stereocenters. The molecule has 7 heteroatoms. The molecule has 1 fully saturated rings. The van der Waals surface area contributed by atoms with Crippen LogP contribution in [0.4, 0.5) is 0 Å². The highest BCUT2D eigenvalue weighted by Gasteiger charge is 2.37. The minimum Gasteiger partial charge on any atom is -0.322 e. The van der Waals surface area contributed by atoms with Gasteiger partial charge in [0, 0.05) is 5.52 Å². The molecule has 160 valence electrons. The zero-order valence-electron chi connectivity index (χ0n) is 18.5. The number of hydrogen-bond donors (Lipinski definition) is 2. The first-order chi connectivity index (χ1) is 14.4. The maximum atomic E-state index is 13.3. The molecular formula is C23H33N6O+. The number of aromatic amines is 1. The van der Waals surface area contributed by atoms with Crippen LogP contribution in [-0.4, -0.2) is 38.3 Å². The summed E-state index contributed by atoms with van der Waals surface area (Å²) in [4.78, 5) is 17.8. The van der Waals surface area contributed by atoms with Crippen molar-refractivity contribution >= 4 is 10.9 Å². The lowest BCUT2D eigenvalue weighted by Gasteiger charge is -2.30. The van der Waals surface area contributed by atoms with Gasteiger partial charge in [-0.2, -0.15) is 0 Å². The lowest BCUT2D eigenvalue weighted by Crippen LogP contribution is -3.12. The minimum atomic E-state index is -0.220. The highest BCUT2D eigenvalue weighted by atomic mass is 16.1. The molecule has 2 aromatic heterocycles. The largest absolute Gasteiger partial charge is 0.322 e. The van der Waals surface area contributed by atoms with Crippen LogP contribution in [0, 0.1) is 6.92 Å². The molecule has 0 saturated carbocycles. The van der Waals surface area contributed by atoms with Crippen molar-refractivity contribution in [2.45, 2.75) is 71.4 Å². The maximum Gasteiger partial charge on any atom is 0.258 e. The summed E-state index contributed by atoms with van der Waals surface area (Å²) in [6.45, 7) is 10.6. The summed E-state index contributed by atoms with van der Waals surface area (Å²) >= 11 is 0. The first kappa shape index (κ1) is 20.7. The molecule has 3 aromatic rings. The molecule has 3 heterocycles. The van der Waals surface area contributed by atoms with Crippen LogP contribution in [-0.2, 0) is 5.54 Å². The van der Waals surface area contributed by atoms with Crippen LogP contribution in [0.25, 0.3) is 10.9 Å². The third kappa shape index (κ3) is 3.90. The molecule has 0 spiro atoms. The van der Waals surface area contributed by atoms with E-state index in [0.29, 0.717) is 0 Å². The standard InChI is InChI=1S/C23H32N6O/c1-5-23(3,4)29-21(25-26-27-29)20(28-12-8-6-7-9-13-28)18-15-17-14-16(2)10-11-19(17)24-22(18)30/h10-11,14-15,20H,5-9,12-13H2,1-4H3,(H,24,30)/p+1/t20-/m1/s1. The molecule has 0 bridgehead atoms. The van der Waals surface area contributed by atoms with Crippen molar-refractivity contribution < 1.29 is 4.90 Å². The van der Waals surface area contributed by atoms with Gasteiger partial charge >= 0.3 is 0 Å². The summed E-state index contributed by atoms with van der Waals surface area (Å²) in [6, 6.07) is 8.01. The summed E-state index contributed by atoms with van der Waals surface area (Å²) in [6.07, 6.45) is 5.72. The van der Waals surface area contributed by atoms with Crippen molar-refractivity contribution in [1.29, 1.82) is 0 Å². The van der Waals surface area contributed by atoms with Crippen LogP contribution >= 0.6 is 0 Å². The number of tetrazole rings is 1. The fourth-order valence-electron chi connectivity index (χ4n) is 4.53. The number of quaternary nitrogens is 1. The van der Waals surface area contributed by atoms with E-state index in [-0.39, 0.29) is 17.1 Å². The van der Waals surface area contributed by atoms with Gasteiger partial charge in [0.2, 0.25) is 5.82 Å². The second-order valence-electron chi connectivity index (χ2n) is 9.26. The Labute approximate surface area is 177 Å². The van der Waals surface area contributed by atoms with Crippen LogP contribution in [0.15, 0.2) is 29.1 Å². The average Bonchev–Trinajstić information content (AvgIpc) is 3.06. The molecule has 7 nitrogen and oxygen atoms in total. The number of pyridine rings is 1. The molecule has 30 heavy (non-hydrogen) atoms. The molecule has 1 aromatic carbocycles. The van der Waals surface area contributed by atoms with Crippen LogP contribution in [0.3, 0.4) is 0 Å². The van der Waals surface area contributed by atoms with Crippen molar-refractivity contribution in [2.75, 3.05) is 13.1 Å². The number of rotatable bonds is 5. The lowest BCUT2D eigenvalue weighted by molar-refractivity contribution is -0.925. The van der Waals surface area contributed by atoms with E-state index in [9.17, 15) is 4.79 Å². The molecule has 1 saturated heterocycles. The van der Waals surface area contributed by atoms with Crippen LogP contribution < -0.4 is 10.5 Å². The van der Waals surface area contributed by atoms with Crippen molar-refractivity contribution in [3.63, 3.8) is 0 Å². The van der Waals surface area contributed by atoms with Crippen molar-refractivity contribution in [3.8, 4) is 0 Å². The van der Waals surface area contributed by atoms with Crippen LogP contribution in [0.5, 0.6) is 0 Å². The van der Waals surface area contributed by atoms with E-state index >= 15 is 0 Å². The molecule has 1 aliphatic heterocycles. The number of nitrogens with zero attached hydrogens (tertiary/aromatic N) is 4. The van der Waals surface area contributed by atoms with Gasteiger partial charge in [0.05, 0.1) is 24.2 Å². The predicted molar refractivity (Wildman–Crippen MR) is 118 cm³/mol. The van der Waals surface area contributed by atoms with E-state index in [0.717, 1.165) is 54.6 Å². The van der Waals surface area contributed by atoms with E-state index in [4.69, 9.17) is 0 Å². The van der Waals surface area contributed by atoms with Crippen LogP contribution in [0.2, 0.25) is 0 Å². The second kappa shape index (κ2) is 8.30. The minimum absolute atomic E-state index is 0.0445. The Hall–Kier alpha value is -2.54. The summed E-state index contributed by atoms with van der Waals surface area (Å²) in [5.41, 5.74) is 2.54. The van der Waals surface area contributed by atoms with Crippen LogP contribution in [0.1, 0.15) is 75.9 Å². The van der Waals surface area contributed by atoms with Gasteiger partial charge in [-0.25, -0.2) is 4.68 Å². The first-order valence-corrected chi connectivity index (χ1v) is 11.2. The van der Waals surface area contributed by atoms with Crippen molar-refractivity contribution in [1.82, 2.24) is 25.2 Å². The van der Waals surface area contributed by atoms with Gasteiger partial charge in [0.15, 0.2) is 6.04 Å². The van der Waals surface area contributed by atoms with Gasteiger partial charge in [0.1, 0.15) is 0 Å². The Kier molecular flexibility index (Phi) is 5.73. The molecule has 1 atom stereocenters. The van der Waals surface area contributed by atoms with Gasteiger partial charge in [-0.15, -0.1) is 5.10 Å². The zero-order chi connectivity index (χ0) is 21.3. The Morgan fingerprint density at radius 3 is 2.60 bits per heavy atom. The van der Waals surface area contributed by atoms with Gasteiger partial charge < -0.3 is 9.88 Å². The quantitative estimate of drug-likeness (QED) is 0.679. The monoisotopic (exact) mass is 409 g/mol. The highest BCUT2D eigenvalue weighted by Crippen LogP contribution is 2.25. The topological polar surface area (TPSA) is 80.9 Å². The molecular weight excluding hydrogens is 376 g/mol. The van der Waals surface area contributed by atoms with E-state index in [1.807, 2.05) is 16.8 Å². The number of aryl methyl sites for hydroxylation is 1. The molecule has 4 rings (SSSR count). The second-order valence-corrected chi connectivity index (χ2v) is 9.26. The van der Waals surface area contributed by atoms with Gasteiger partial charge in [-0.05, 0) is 86.9 Å². The van der Waals surface area contributed by atoms with E-state index in [1.54, 1.807) is 0 Å². The lowest BCUT2D eigenvalue weighted by atomic mass is 9.99. The van der Waals surface area contributed by atoms with Gasteiger partial charge in [-0.3, -0.25) is 4.79 Å².